The molecule has 0 fully saturated rings. The summed E-state index contributed by atoms with van der Waals surface area (Å²) >= 11 is 0. The zero-order chi connectivity index (χ0) is 10.1. The lowest BCUT2D eigenvalue weighted by molar-refractivity contribution is -0.120. The Morgan fingerprint density at radius 1 is 1.46 bits per heavy atom. The van der Waals surface area contributed by atoms with Gasteiger partial charge >= 0.3 is 0 Å². The van der Waals surface area contributed by atoms with Crippen LogP contribution in [0.25, 0.3) is 0 Å². The van der Waals surface area contributed by atoms with Crippen LogP contribution in [0.3, 0.4) is 0 Å². The molecule has 0 aromatic heterocycles. The summed E-state index contributed by atoms with van der Waals surface area (Å²) in [6.07, 6.45) is 4.93. The van der Waals surface area contributed by atoms with Gasteiger partial charge in [0.05, 0.1) is 6.54 Å². The standard InChI is InChI=1S/C10H20N2O/c1-4-5-6-7-11-10(13)8-12-9(2)3/h4-5,9,12H,6-8H2,1-3H3,(H,11,13)/b5-4+. The zero-order valence-corrected chi connectivity index (χ0v) is 8.76. The predicted molar refractivity (Wildman–Crippen MR) is 55.6 cm³/mol. The molecule has 3 nitrogen and oxygen atoms in total. The van der Waals surface area contributed by atoms with E-state index in [1.165, 1.54) is 0 Å². The van der Waals surface area contributed by atoms with Crippen LogP contribution in [0.2, 0.25) is 0 Å². The van der Waals surface area contributed by atoms with Gasteiger partial charge in [-0.25, -0.2) is 0 Å². The molecular weight excluding hydrogens is 164 g/mol. The maximum atomic E-state index is 11.1. The van der Waals surface area contributed by atoms with Gasteiger partial charge in [-0.1, -0.05) is 26.0 Å². The molecule has 1 amide bonds. The second kappa shape index (κ2) is 7.80. The summed E-state index contributed by atoms with van der Waals surface area (Å²) in [6, 6.07) is 0.362. The molecule has 0 rings (SSSR count). The number of carbonyl (C=O) groups excluding carboxylic acids is 1. The van der Waals surface area contributed by atoms with E-state index in [0.29, 0.717) is 12.6 Å². The zero-order valence-electron chi connectivity index (χ0n) is 8.76. The van der Waals surface area contributed by atoms with Crippen molar-refractivity contribution in [2.75, 3.05) is 13.1 Å². The molecule has 0 saturated carbocycles. The van der Waals surface area contributed by atoms with Crippen molar-refractivity contribution in [1.82, 2.24) is 10.6 Å². The van der Waals surface area contributed by atoms with Gasteiger partial charge in [0.1, 0.15) is 0 Å². The molecule has 0 aliphatic rings. The first-order valence-electron chi connectivity index (χ1n) is 4.78. The summed E-state index contributed by atoms with van der Waals surface area (Å²) in [6.45, 7) is 7.15. The van der Waals surface area contributed by atoms with Gasteiger partial charge in [0, 0.05) is 12.6 Å². The quantitative estimate of drug-likeness (QED) is 0.479. The van der Waals surface area contributed by atoms with E-state index < -0.39 is 0 Å². The molecule has 0 heterocycles. The van der Waals surface area contributed by atoms with E-state index in [1.807, 2.05) is 32.9 Å². The van der Waals surface area contributed by atoms with Gasteiger partial charge in [0.15, 0.2) is 0 Å². The summed E-state index contributed by atoms with van der Waals surface area (Å²) in [5.41, 5.74) is 0. The highest BCUT2D eigenvalue weighted by atomic mass is 16.1. The molecule has 76 valence electrons. The molecule has 0 bridgehead atoms. The number of amides is 1. The molecule has 0 saturated heterocycles. The molecule has 0 aliphatic carbocycles. The number of nitrogens with one attached hydrogen (secondary N) is 2. The Bertz CT molecular complexity index is 164. The van der Waals surface area contributed by atoms with Gasteiger partial charge in [-0.3, -0.25) is 4.79 Å². The number of hydrogen-bond donors (Lipinski definition) is 2. The highest BCUT2D eigenvalue weighted by Gasteiger charge is 1.99. The minimum Gasteiger partial charge on any atom is -0.355 e. The second-order valence-corrected chi connectivity index (χ2v) is 3.24. The van der Waals surface area contributed by atoms with E-state index in [4.69, 9.17) is 0 Å². The Labute approximate surface area is 80.6 Å². The Kier molecular flexibility index (Phi) is 7.30. The molecule has 0 radical (unpaired) electrons. The minimum atomic E-state index is 0.0678. The molecule has 3 heteroatoms. The molecular formula is C10H20N2O. The molecule has 0 atom stereocenters. The Hall–Kier alpha value is -0.830. The average molecular weight is 184 g/mol. The van der Waals surface area contributed by atoms with E-state index in [2.05, 4.69) is 10.6 Å². The first kappa shape index (κ1) is 12.2. The van der Waals surface area contributed by atoms with Crippen LogP contribution in [-0.2, 0) is 4.79 Å². The maximum absolute atomic E-state index is 11.1. The Morgan fingerprint density at radius 2 is 2.15 bits per heavy atom. The summed E-state index contributed by atoms with van der Waals surface area (Å²) < 4.78 is 0. The molecule has 0 aromatic rings. The van der Waals surface area contributed by atoms with Gasteiger partial charge in [-0.15, -0.1) is 0 Å². The van der Waals surface area contributed by atoms with Gasteiger partial charge in [-0.05, 0) is 13.3 Å². The van der Waals surface area contributed by atoms with Crippen LogP contribution in [-0.4, -0.2) is 25.0 Å². The summed E-state index contributed by atoms with van der Waals surface area (Å²) in [4.78, 5) is 11.1. The Morgan fingerprint density at radius 3 is 2.69 bits per heavy atom. The second-order valence-electron chi connectivity index (χ2n) is 3.24. The summed E-state index contributed by atoms with van der Waals surface area (Å²) in [7, 11) is 0. The smallest absolute Gasteiger partial charge is 0.233 e. The van der Waals surface area contributed by atoms with Crippen molar-refractivity contribution in [3.63, 3.8) is 0 Å². The van der Waals surface area contributed by atoms with Crippen LogP contribution in [0.1, 0.15) is 27.2 Å². The van der Waals surface area contributed by atoms with Crippen molar-refractivity contribution in [2.24, 2.45) is 0 Å². The van der Waals surface area contributed by atoms with E-state index in [1.54, 1.807) is 0 Å². The number of carbonyl (C=O) groups is 1. The molecule has 0 unspecified atom stereocenters. The Balaban J connectivity index is 3.30. The van der Waals surface area contributed by atoms with Crippen molar-refractivity contribution in [2.45, 2.75) is 33.2 Å². The third-order valence-electron chi connectivity index (χ3n) is 1.54. The van der Waals surface area contributed by atoms with Crippen molar-refractivity contribution in [3.8, 4) is 0 Å². The fraction of sp³-hybridized carbons (Fsp3) is 0.700. The molecule has 0 aliphatic heterocycles. The maximum Gasteiger partial charge on any atom is 0.233 e. The van der Waals surface area contributed by atoms with Crippen molar-refractivity contribution < 1.29 is 4.79 Å². The summed E-state index contributed by atoms with van der Waals surface area (Å²) in [5, 5.41) is 5.88. The van der Waals surface area contributed by atoms with Gasteiger partial charge in [0.25, 0.3) is 0 Å². The van der Waals surface area contributed by atoms with Crippen LogP contribution in [0.15, 0.2) is 12.2 Å². The average Bonchev–Trinajstić information content (AvgIpc) is 2.09. The fourth-order valence-electron chi connectivity index (χ4n) is 0.821. The minimum absolute atomic E-state index is 0.0678. The third kappa shape index (κ3) is 9.08. The largest absolute Gasteiger partial charge is 0.355 e. The highest BCUT2D eigenvalue weighted by Crippen LogP contribution is 1.80. The lowest BCUT2D eigenvalue weighted by Crippen LogP contribution is -2.37. The lowest BCUT2D eigenvalue weighted by atomic mass is 10.3. The topological polar surface area (TPSA) is 41.1 Å². The van der Waals surface area contributed by atoms with Crippen molar-refractivity contribution in [3.05, 3.63) is 12.2 Å². The monoisotopic (exact) mass is 184 g/mol. The first-order valence-corrected chi connectivity index (χ1v) is 4.78. The van der Waals surface area contributed by atoms with Gasteiger partial charge in [0.2, 0.25) is 5.91 Å². The van der Waals surface area contributed by atoms with E-state index in [0.717, 1.165) is 13.0 Å². The normalized spacial score (nSPS) is 11.1. The first-order chi connectivity index (χ1) is 6.16. The predicted octanol–water partition coefficient (Wildman–Crippen LogP) is 1.07. The SMILES string of the molecule is C/C=C/CCNC(=O)CNC(C)C. The van der Waals surface area contributed by atoms with Crippen LogP contribution in [0.4, 0.5) is 0 Å². The van der Waals surface area contributed by atoms with Crippen molar-refractivity contribution in [1.29, 1.82) is 0 Å². The van der Waals surface area contributed by atoms with Gasteiger partial charge in [-0.2, -0.15) is 0 Å². The number of allylic oxidation sites excluding steroid dienone is 1. The summed E-state index contributed by atoms with van der Waals surface area (Å²) in [5.74, 6) is 0.0678. The van der Waals surface area contributed by atoms with E-state index >= 15 is 0 Å². The lowest BCUT2D eigenvalue weighted by Gasteiger charge is -2.07. The third-order valence-corrected chi connectivity index (χ3v) is 1.54. The highest BCUT2D eigenvalue weighted by molar-refractivity contribution is 5.77. The molecule has 0 spiro atoms. The van der Waals surface area contributed by atoms with Crippen LogP contribution < -0.4 is 10.6 Å². The van der Waals surface area contributed by atoms with Crippen molar-refractivity contribution >= 4 is 5.91 Å². The molecule has 2 N–H and O–H groups in total. The van der Waals surface area contributed by atoms with Gasteiger partial charge < -0.3 is 10.6 Å². The van der Waals surface area contributed by atoms with Crippen LogP contribution >= 0.6 is 0 Å². The van der Waals surface area contributed by atoms with Crippen LogP contribution in [0.5, 0.6) is 0 Å². The van der Waals surface area contributed by atoms with E-state index in [-0.39, 0.29) is 5.91 Å². The molecule has 0 aromatic carbocycles. The fourth-order valence-corrected chi connectivity index (χ4v) is 0.821. The number of hydrogen-bond acceptors (Lipinski definition) is 2. The van der Waals surface area contributed by atoms with E-state index in [9.17, 15) is 4.79 Å². The number of rotatable bonds is 6. The molecule has 13 heavy (non-hydrogen) atoms. The van der Waals surface area contributed by atoms with Crippen LogP contribution in [0, 0.1) is 0 Å².